The molecule has 2 nitrogen and oxygen atoms in total. The predicted molar refractivity (Wildman–Crippen MR) is 87.3 cm³/mol. The van der Waals surface area contributed by atoms with Crippen LogP contribution in [0.5, 0.6) is 0 Å². The SMILES string of the molecule is COC(=O)C(C)(C)C(Sc1ccccc1)c1ccccc1. The summed E-state index contributed by atoms with van der Waals surface area (Å²) in [5, 5.41) is -0.00597. The number of ether oxygens (including phenoxy) is 1. The minimum absolute atomic E-state index is 0.00597. The van der Waals surface area contributed by atoms with E-state index in [0.717, 1.165) is 10.5 Å². The summed E-state index contributed by atoms with van der Waals surface area (Å²) in [7, 11) is 1.44. The molecule has 3 heteroatoms. The molecule has 0 radical (unpaired) electrons. The maximum Gasteiger partial charge on any atom is 0.312 e. The molecule has 0 aliphatic heterocycles. The monoisotopic (exact) mass is 300 g/mol. The summed E-state index contributed by atoms with van der Waals surface area (Å²) >= 11 is 1.69. The molecule has 21 heavy (non-hydrogen) atoms. The Morgan fingerprint density at radius 1 is 1.00 bits per heavy atom. The molecule has 0 fully saturated rings. The van der Waals surface area contributed by atoms with Gasteiger partial charge in [0.05, 0.1) is 12.5 Å². The average molecular weight is 300 g/mol. The van der Waals surface area contributed by atoms with Crippen LogP contribution in [0.2, 0.25) is 0 Å². The zero-order chi connectivity index (χ0) is 15.3. The summed E-state index contributed by atoms with van der Waals surface area (Å²) in [6.45, 7) is 3.87. The van der Waals surface area contributed by atoms with Crippen LogP contribution in [0.4, 0.5) is 0 Å². The molecule has 0 aliphatic rings. The van der Waals surface area contributed by atoms with Crippen LogP contribution in [0.25, 0.3) is 0 Å². The second kappa shape index (κ2) is 6.81. The molecular weight excluding hydrogens is 280 g/mol. The Hall–Kier alpha value is -1.74. The van der Waals surface area contributed by atoms with Crippen molar-refractivity contribution >= 4 is 17.7 Å². The molecule has 0 aliphatic carbocycles. The Kier molecular flexibility index (Phi) is 5.07. The standard InChI is InChI=1S/C18H20O2S/c1-18(2,17(19)20-3)16(14-10-6-4-7-11-14)21-15-12-8-5-9-13-15/h4-13,16H,1-3H3. The predicted octanol–water partition coefficient (Wildman–Crippen LogP) is 4.72. The first-order valence-electron chi connectivity index (χ1n) is 6.91. The van der Waals surface area contributed by atoms with Crippen LogP contribution in [0.1, 0.15) is 24.7 Å². The Bertz CT molecular complexity index is 579. The molecule has 2 rings (SSSR count). The lowest BCUT2D eigenvalue weighted by atomic mass is 9.85. The lowest BCUT2D eigenvalue weighted by molar-refractivity contribution is -0.150. The van der Waals surface area contributed by atoms with Crippen molar-refractivity contribution in [2.45, 2.75) is 24.0 Å². The summed E-state index contributed by atoms with van der Waals surface area (Å²) in [6.07, 6.45) is 0. The molecule has 0 heterocycles. The smallest absolute Gasteiger partial charge is 0.312 e. The third-order valence-electron chi connectivity index (χ3n) is 3.47. The van der Waals surface area contributed by atoms with E-state index in [1.54, 1.807) is 11.8 Å². The highest BCUT2D eigenvalue weighted by Crippen LogP contribution is 2.47. The Morgan fingerprint density at radius 2 is 1.52 bits per heavy atom. The van der Waals surface area contributed by atoms with Gasteiger partial charge in [-0.3, -0.25) is 4.79 Å². The van der Waals surface area contributed by atoms with Gasteiger partial charge in [0.2, 0.25) is 0 Å². The third-order valence-corrected chi connectivity index (χ3v) is 5.11. The highest BCUT2D eigenvalue weighted by atomic mass is 32.2. The van der Waals surface area contributed by atoms with Crippen LogP contribution in [0.3, 0.4) is 0 Å². The number of rotatable bonds is 5. The first-order valence-corrected chi connectivity index (χ1v) is 7.78. The molecule has 1 atom stereocenters. The van der Waals surface area contributed by atoms with Crippen molar-refractivity contribution in [3.8, 4) is 0 Å². The first kappa shape index (κ1) is 15.6. The van der Waals surface area contributed by atoms with Gasteiger partial charge in [0, 0.05) is 10.1 Å². The van der Waals surface area contributed by atoms with Crippen molar-refractivity contribution in [1.82, 2.24) is 0 Å². The van der Waals surface area contributed by atoms with Crippen molar-refractivity contribution in [3.05, 3.63) is 66.2 Å². The van der Waals surface area contributed by atoms with E-state index in [2.05, 4.69) is 24.3 Å². The molecule has 0 spiro atoms. The zero-order valence-electron chi connectivity index (χ0n) is 12.6. The number of hydrogen-bond donors (Lipinski definition) is 0. The minimum atomic E-state index is -0.614. The molecule has 0 saturated carbocycles. The number of carbonyl (C=O) groups excluding carboxylic acids is 1. The highest BCUT2D eigenvalue weighted by molar-refractivity contribution is 7.99. The van der Waals surface area contributed by atoms with E-state index in [0.29, 0.717) is 0 Å². The molecule has 0 amide bonds. The fourth-order valence-corrected chi connectivity index (χ4v) is 3.54. The molecule has 0 saturated heterocycles. The van der Waals surface area contributed by atoms with Crippen LogP contribution in [0.15, 0.2) is 65.6 Å². The summed E-state index contributed by atoms with van der Waals surface area (Å²) in [6, 6.07) is 20.2. The van der Waals surface area contributed by atoms with Crippen LogP contribution in [-0.4, -0.2) is 13.1 Å². The van der Waals surface area contributed by atoms with Gasteiger partial charge in [0.15, 0.2) is 0 Å². The normalized spacial score (nSPS) is 12.7. The lowest BCUT2D eigenvalue weighted by Gasteiger charge is -2.31. The molecule has 1 unspecified atom stereocenters. The molecule has 2 aromatic carbocycles. The van der Waals surface area contributed by atoms with E-state index < -0.39 is 5.41 Å². The summed E-state index contributed by atoms with van der Waals surface area (Å²) in [4.78, 5) is 13.3. The van der Waals surface area contributed by atoms with Crippen molar-refractivity contribution < 1.29 is 9.53 Å². The molecular formula is C18H20O2S. The molecule has 2 aromatic rings. The van der Waals surface area contributed by atoms with Gasteiger partial charge >= 0.3 is 5.97 Å². The van der Waals surface area contributed by atoms with E-state index in [1.807, 2.05) is 50.2 Å². The fraction of sp³-hybridized carbons (Fsp3) is 0.278. The summed E-state index contributed by atoms with van der Waals surface area (Å²) in [5.41, 5.74) is 0.512. The number of carbonyl (C=O) groups is 1. The second-order valence-electron chi connectivity index (χ2n) is 5.43. The van der Waals surface area contributed by atoms with Crippen LogP contribution < -0.4 is 0 Å². The Labute approximate surface area is 130 Å². The summed E-state index contributed by atoms with van der Waals surface area (Å²) < 4.78 is 5.00. The van der Waals surface area contributed by atoms with Crippen LogP contribution >= 0.6 is 11.8 Å². The fourth-order valence-electron chi connectivity index (χ4n) is 2.27. The van der Waals surface area contributed by atoms with Gasteiger partial charge < -0.3 is 4.74 Å². The third kappa shape index (κ3) is 3.67. The van der Waals surface area contributed by atoms with Crippen LogP contribution in [-0.2, 0) is 9.53 Å². The van der Waals surface area contributed by atoms with Gasteiger partial charge in [-0.05, 0) is 31.5 Å². The average Bonchev–Trinajstić information content (AvgIpc) is 2.53. The summed E-state index contributed by atoms with van der Waals surface area (Å²) in [5.74, 6) is -0.195. The molecule has 0 N–H and O–H groups in total. The molecule has 0 bridgehead atoms. The highest BCUT2D eigenvalue weighted by Gasteiger charge is 2.39. The first-order chi connectivity index (χ1) is 10.1. The van der Waals surface area contributed by atoms with E-state index in [4.69, 9.17) is 4.74 Å². The van der Waals surface area contributed by atoms with Gasteiger partial charge in [0.25, 0.3) is 0 Å². The van der Waals surface area contributed by atoms with E-state index in [-0.39, 0.29) is 11.2 Å². The largest absolute Gasteiger partial charge is 0.469 e. The Balaban J connectivity index is 2.38. The minimum Gasteiger partial charge on any atom is -0.469 e. The maximum atomic E-state index is 12.2. The Morgan fingerprint density at radius 3 is 2.05 bits per heavy atom. The van der Waals surface area contributed by atoms with Crippen molar-refractivity contribution in [2.75, 3.05) is 7.11 Å². The van der Waals surface area contributed by atoms with Crippen molar-refractivity contribution in [2.24, 2.45) is 5.41 Å². The molecule has 0 aromatic heterocycles. The zero-order valence-corrected chi connectivity index (χ0v) is 13.4. The number of thioether (sulfide) groups is 1. The lowest BCUT2D eigenvalue weighted by Crippen LogP contribution is -2.31. The maximum absolute atomic E-state index is 12.2. The van der Waals surface area contributed by atoms with Crippen molar-refractivity contribution in [1.29, 1.82) is 0 Å². The number of hydrogen-bond acceptors (Lipinski definition) is 3. The molecule has 110 valence electrons. The topological polar surface area (TPSA) is 26.3 Å². The van der Waals surface area contributed by atoms with E-state index in [9.17, 15) is 4.79 Å². The van der Waals surface area contributed by atoms with Gasteiger partial charge in [-0.15, -0.1) is 11.8 Å². The van der Waals surface area contributed by atoms with Crippen molar-refractivity contribution in [3.63, 3.8) is 0 Å². The quantitative estimate of drug-likeness (QED) is 0.590. The number of methoxy groups -OCH3 is 1. The van der Waals surface area contributed by atoms with E-state index in [1.165, 1.54) is 7.11 Å². The van der Waals surface area contributed by atoms with Gasteiger partial charge in [0.1, 0.15) is 0 Å². The van der Waals surface area contributed by atoms with E-state index >= 15 is 0 Å². The number of esters is 1. The van der Waals surface area contributed by atoms with Gasteiger partial charge in [-0.2, -0.15) is 0 Å². The second-order valence-corrected chi connectivity index (χ2v) is 6.61. The number of benzene rings is 2. The van der Waals surface area contributed by atoms with Crippen LogP contribution in [0, 0.1) is 5.41 Å². The van der Waals surface area contributed by atoms with Gasteiger partial charge in [-0.1, -0.05) is 48.5 Å². The van der Waals surface area contributed by atoms with Gasteiger partial charge in [-0.25, -0.2) is 0 Å².